The van der Waals surface area contributed by atoms with Crippen LogP contribution in [0, 0.1) is 6.92 Å². The van der Waals surface area contributed by atoms with Gasteiger partial charge >= 0.3 is 0 Å². The number of fused-ring (bicyclic) bond motifs is 1. The number of benzene rings is 1. The Labute approximate surface area is 138 Å². The van der Waals surface area contributed by atoms with Gasteiger partial charge in [-0.1, -0.05) is 18.2 Å². The Balaban J connectivity index is 1.71. The maximum absolute atomic E-state index is 12.4. The Hall–Kier alpha value is -3.09. The molecule has 0 radical (unpaired) electrons. The molecule has 2 aromatic heterocycles. The predicted octanol–water partition coefficient (Wildman–Crippen LogP) is 1.38. The first-order valence-corrected chi connectivity index (χ1v) is 7.58. The number of aromatic nitrogens is 3. The minimum absolute atomic E-state index is 0.296. The molecule has 0 aliphatic rings. The molecule has 0 aliphatic heterocycles. The quantitative estimate of drug-likeness (QED) is 0.693. The van der Waals surface area contributed by atoms with Crippen molar-refractivity contribution in [2.75, 3.05) is 13.2 Å². The first-order chi connectivity index (χ1) is 11.6. The van der Waals surface area contributed by atoms with E-state index >= 15 is 0 Å². The molecule has 2 N–H and O–H groups in total. The van der Waals surface area contributed by atoms with E-state index in [2.05, 4.69) is 15.4 Å². The summed E-state index contributed by atoms with van der Waals surface area (Å²) >= 11 is 0. The number of nitrogens with one attached hydrogen (secondary N) is 2. The Morgan fingerprint density at radius 1 is 1.33 bits per heavy atom. The zero-order chi connectivity index (χ0) is 17.1. The van der Waals surface area contributed by atoms with Crippen LogP contribution in [0.15, 0.2) is 41.2 Å². The van der Waals surface area contributed by atoms with Crippen LogP contribution in [0.5, 0.6) is 5.75 Å². The molecule has 2 heterocycles. The van der Waals surface area contributed by atoms with Gasteiger partial charge < -0.3 is 10.1 Å². The second kappa shape index (κ2) is 6.57. The average molecular weight is 326 g/mol. The van der Waals surface area contributed by atoms with Gasteiger partial charge in [-0.15, -0.1) is 0 Å². The highest BCUT2D eigenvalue weighted by Gasteiger charge is 2.17. The summed E-state index contributed by atoms with van der Waals surface area (Å²) in [5, 5.41) is 5.69. The molecule has 124 valence electrons. The number of rotatable bonds is 5. The number of ether oxygens (including phenoxy) is 1. The number of nitrogens with zero attached hydrogens (tertiary/aromatic N) is 2. The molecule has 3 rings (SSSR count). The number of aromatic amines is 1. The molecule has 1 amide bonds. The van der Waals surface area contributed by atoms with Crippen LogP contribution in [-0.4, -0.2) is 33.8 Å². The summed E-state index contributed by atoms with van der Waals surface area (Å²) in [6.45, 7) is 2.46. The van der Waals surface area contributed by atoms with Crippen LogP contribution in [0.4, 0.5) is 0 Å². The lowest BCUT2D eigenvalue weighted by atomic mass is 10.1. The first-order valence-electron chi connectivity index (χ1n) is 7.58. The zero-order valence-electron chi connectivity index (χ0n) is 13.5. The predicted molar refractivity (Wildman–Crippen MR) is 90.3 cm³/mol. The van der Waals surface area contributed by atoms with Crippen molar-refractivity contribution < 1.29 is 9.53 Å². The van der Waals surface area contributed by atoms with Crippen LogP contribution >= 0.6 is 0 Å². The van der Waals surface area contributed by atoms with Crippen molar-refractivity contribution in [1.29, 1.82) is 0 Å². The molecular formula is C17H18N4O3. The number of carbonyl (C=O) groups excluding carboxylic acids is 1. The van der Waals surface area contributed by atoms with Gasteiger partial charge in [-0.05, 0) is 25.1 Å². The summed E-state index contributed by atoms with van der Waals surface area (Å²) < 4.78 is 7.05. The van der Waals surface area contributed by atoms with E-state index in [9.17, 15) is 9.59 Å². The van der Waals surface area contributed by atoms with Crippen molar-refractivity contribution in [3.63, 3.8) is 0 Å². The van der Waals surface area contributed by atoms with Crippen molar-refractivity contribution in [3.05, 3.63) is 58.0 Å². The van der Waals surface area contributed by atoms with Crippen LogP contribution in [0.1, 0.15) is 16.1 Å². The van der Waals surface area contributed by atoms with Crippen molar-refractivity contribution in [2.45, 2.75) is 6.92 Å². The topological polar surface area (TPSA) is 89.0 Å². The molecular weight excluding hydrogens is 308 g/mol. The smallest absolute Gasteiger partial charge is 0.274 e. The summed E-state index contributed by atoms with van der Waals surface area (Å²) in [6, 6.07) is 11.0. The van der Waals surface area contributed by atoms with Crippen LogP contribution in [-0.2, 0) is 7.05 Å². The van der Waals surface area contributed by atoms with E-state index in [1.807, 2.05) is 30.3 Å². The summed E-state index contributed by atoms with van der Waals surface area (Å²) in [5.74, 6) is 0.423. The zero-order valence-corrected chi connectivity index (χ0v) is 13.5. The molecule has 0 atom stereocenters. The van der Waals surface area contributed by atoms with E-state index in [1.165, 1.54) is 4.68 Å². The van der Waals surface area contributed by atoms with Gasteiger partial charge in [-0.25, -0.2) is 4.98 Å². The van der Waals surface area contributed by atoms with Gasteiger partial charge in [0.15, 0.2) is 5.65 Å². The van der Waals surface area contributed by atoms with E-state index in [0.29, 0.717) is 35.4 Å². The number of aryl methyl sites for hydroxylation is 2. The fourth-order valence-corrected chi connectivity index (χ4v) is 2.51. The van der Waals surface area contributed by atoms with Gasteiger partial charge in [0.1, 0.15) is 12.4 Å². The standard InChI is InChI=1S/C17H18N4O3/c1-11-10-13(14-15(19-11)21(2)20-17(14)23)16(22)18-8-9-24-12-6-4-3-5-7-12/h3-7,10H,8-9H2,1-2H3,(H,18,22)(H,20,23). The molecule has 0 saturated carbocycles. The fraction of sp³-hybridized carbons (Fsp3) is 0.235. The number of amides is 1. The fourth-order valence-electron chi connectivity index (χ4n) is 2.51. The van der Waals surface area contributed by atoms with Crippen LogP contribution in [0.3, 0.4) is 0 Å². The highest BCUT2D eigenvalue weighted by molar-refractivity contribution is 6.05. The lowest BCUT2D eigenvalue weighted by molar-refractivity contribution is 0.0948. The molecule has 24 heavy (non-hydrogen) atoms. The van der Waals surface area contributed by atoms with E-state index < -0.39 is 0 Å². The van der Waals surface area contributed by atoms with Crippen molar-refractivity contribution in [2.24, 2.45) is 7.05 Å². The highest BCUT2D eigenvalue weighted by Crippen LogP contribution is 2.14. The van der Waals surface area contributed by atoms with Gasteiger partial charge in [0.2, 0.25) is 0 Å². The van der Waals surface area contributed by atoms with Gasteiger partial charge in [0, 0.05) is 12.7 Å². The lowest BCUT2D eigenvalue weighted by Crippen LogP contribution is -2.29. The third-order valence-electron chi connectivity index (χ3n) is 3.59. The van der Waals surface area contributed by atoms with Crippen molar-refractivity contribution in [1.82, 2.24) is 20.1 Å². The highest BCUT2D eigenvalue weighted by atomic mass is 16.5. The maximum atomic E-state index is 12.4. The van der Waals surface area contributed by atoms with Gasteiger partial charge in [0.25, 0.3) is 11.5 Å². The monoisotopic (exact) mass is 326 g/mol. The van der Waals surface area contributed by atoms with E-state index in [1.54, 1.807) is 20.0 Å². The molecule has 7 heteroatoms. The maximum Gasteiger partial charge on any atom is 0.274 e. The molecule has 1 aromatic carbocycles. The Bertz CT molecular complexity index is 928. The van der Waals surface area contributed by atoms with Crippen LogP contribution in [0.25, 0.3) is 11.0 Å². The molecule has 0 fully saturated rings. The van der Waals surface area contributed by atoms with E-state index in [0.717, 1.165) is 5.75 Å². The van der Waals surface area contributed by atoms with Gasteiger partial charge in [-0.2, -0.15) is 0 Å². The number of pyridine rings is 1. The Morgan fingerprint density at radius 2 is 2.08 bits per heavy atom. The molecule has 0 saturated heterocycles. The first kappa shape index (κ1) is 15.8. The summed E-state index contributed by atoms with van der Waals surface area (Å²) in [6.07, 6.45) is 0. The second-order valence-corrected chi connectivity index (χ2v) is 5.43. The molecule has 0 unspecified atom stereocenters. The number of para-hydroxylation sites is 1. The number of hydrogen-bond donors (Lipinski definition) is 2. The Kier molecular flexibility index (Phi) is 4.33. The lowest BCUT2D eigenvalue weighted by Gasteiger charge is -2.08. The van der Waals surface area contributed by atoms with Crippen molar-refractivity contribution >= 4 is 16.9 Å². The average Bonchev–Trinajstić information content (AvgIpc) is 2.86. The van der Waals surface area contributed by atoms with Crippen LogP contribution in [0.2, 0.25) is 0 Å². The van der Waals surface area contributed by atoms with Crippen molar-refractivity contribution in [3.8, 4) is 5.75 Å². The molecule has 0 bridgehead atoms. The summed E-state index contributed by atoms with van der Waals surface area (Å²) in [4.78, 5) is 28.8. The van der Waals surface area contributed by atoms with Gasteiger partial charge in [-0.3, -0.25) is 19.4 Å². The number of carbonyl (C=O) groups is 1. The second-order valence-electron chi connectivity index (χ2n) is 5.43. The molecule has 3 aromatic rings. The molecule has 0 aliphatic carbocycles. The SMILES string of the molecule is Cc1cc(C(=O)NCCOc2ccccc2)c2c(=O)[nH]n(C)c2n1. The Morgan fingerprint density at radius 3 is 2.83 bits per heavy atom. The molecule has 0 spiro atoms. The van der Waals surface area contributed by atoms with Gasteiger partial charge in [0.05, 0.1) is 17.5 Å². The summed E-state index contributed by atoms with van der Waals surface area (Å²) in [7, 11) is 1.69. The third-order valence-corrected chi connectivity index (χ3v) is 3.59. The third kappa shape index (κ3) is 3.15. The van der Waals surface area contributed by atoms with E-state index in [-0.39, 0.29) is 11.5 Å². The number of H-pyrrole nitrogens is 1. The number of hydrogen-bond acceptors (Lipinski definition) is 4. The minimum atomic E-state index is -0.328. The largest absolute Gasteiger partial charge is 0.492 e. The van der Waals surface area contributed by atoms with Crippen LogP contribution < -0.4 is 15.6 Å². The summed E-state index contributed by atoms with van der Waals surface area (Å²) in [5.41, 5.74) is 1.12. The normalized spacial score (nSPS) is 10.8. The molecule has 7 nitrogen and oxygen atoms in total. The minimum Gasteiger partial charge on any atom is -0.492 e. The van der Waals surface area contributed by atoms with E-state index in [4.69, 9.17) is 4.74 Å².